The van der Waals surface area contributed by atoms with Crippen molar-refractivity contribution >= 4 is 28.3 Å². The van der Waals surface area contributed by atoms with Crippen LogP contribution in [0.15, 0.2) is 96.8 Å². The minimum absolute atomic E-state index is 0.00108. The molecule has 4 rings (SSSR count). The predicted octanol–water partition coefficient (Wildman–Crippen LogP) is 14.1. The lowest BCUT2D eigenvalue weighted by Crippen LogP contribution is -2.23. The molecule has 1 N–H and O–H groups in total. The number of nitrogens with zero attached hydrogens (tertiary/aromatic N) is 1. The van der Waals surface area contributed by atoms with Gasteiger partial charge in [-0.1, -0.05) is 109 Å². The number of halogens is 1. The molecule has 0 aliphatic carbocycles. The molecule has 3 aromatic rings. The number of pyridine rings is 1. The van der Waals surface area contributed by atoms with Crippen molar-refractivity contribution in [2.45, 2.75) is 144 Å². The first-order valence-corrected chi connectivity index (χ1v) is 25.8. The molecule has 8 nitrogen and oxygen atoms in total. The number of carbonyl (C=O) groups excluding carboxylic acids is 2. The van der Waals surface area contributed by atoms with Crippen molar-refractivity contribution in [3.05, 3.63) is 131 Å². The van der Waals surface area contributed by atoms with Crippen LogP contribution in [0.25, 0.3) is 16.7 Å². The van der Waals surface area contributed by atoms with Gasteiger partial charge in [0.05, 0.1) is 25.0 Å². The van der Waals surface area contributed by atoms with Crippen LogP contribution in [0.2, 0.25) is 0 Å². The second-order valence-electron chi connectivity index (χ2n) is 18.9. The molecule has 0 amide bonds. The lowest BCUT2D eigenvalue weighted by Gasteiger charge is -2.27. The van der Waals surface area contributed by atoms with Gasteiger partial charge in [0.25, 0.3) is 0 Å². The highest BCUT2D eigenvalue weighted by Gasteiger charge is 2.27. The van der Waals surface area contributed by atoms with Crippen molar-refractivity contribution in [1.82, 2.24) is 4.98 Å². The number of hydrogen-bond donors (Lipinski definition) is 1. The third-order valence-corrected chi connectivity index (χ3v) is 13.1. The first-order chi connectivity index (χ1) is 33.3. The molecular weight excluding hydrogens is 866 g/mol. The number of ketones is 2. The molecule has 0 saturated carbocycles. The van der Waals surface area contributed by atoms with Crippen LogP contribution >= 0.6 is 0 Å². The summed E-state index contributed by atoms with van der Waals surface area (Å²) in [4.78, 5) is 33.1. The van der Waals surface area contributed by atoms with Crippen LogP contribution in [-0.4, -0.2) is 67.9 Å². The van der Waals surface area contributed by atoms with E-state index in [1.165, 1.54) is 0 Å². The second-order valence-corrected chi connectivity index (χ2v) is 18.9. The van der Waals surface area contributed by atoms with Crippen LogP contribution in [0.3, 0.4) is 0 Å². The van der Waals surface area contributed by atoms with Gasteiger partial charge in [-0.25, -0.2) is 4.39 Å². The number of unbranched alkanes of at least 4 members (excludes halogenated alkanes) is 4. The van der Waals surface area contributed by atoms with Crippen LogP contribution in [0.4, 0.5) is 4.39 Å². The van der Waals surface area contributed by atoms with Crippen molar-refractivity contribution in [3.63, 3.8) is 0 Å². The molecule has 9 heteroatoms. The van der Waals surface area contributed by atoms with Gasteiger partial charge >= 0.3 is 0 Å². The van der Waals surface area contributed by atoms with E-state index in [1.54, 1.807) is 25.4 Å². The number of Topliss-reactive ketones (excluding diaryl/α,β-unsaturated/α-hetero) is 2. The number of benzene rings is 2. The molecule has 2 heterocycles. The number of ether oxygens (including phenoxy) is 4. The molecule has 2 unspecified atom stereocenters. The third kappa shape index (κ3) is 18.4. The summed E-state index contributed by atoms with van der Waals surface area (Å²) < 4.78 is 39.5. The minimum atomic E-state index is -0.778. The number of allylic oxidation sites excluding steroid dienone is 9. The SMILES string of the molecule is C=C(CCCC)/C(=C\C(=C/CCCC)c1ccc(OC[C@H](O)COCCCC)c(OC)c1)c1ccc(CCCC(=O)/C(=C/C(C)C(C)CC2CCOCC2)C(=O)/C(=C\C)c2ccc(C)cn2)cc1F. The van der Waals surface area contributed by atoms with Gasteiger partial charge in [0.1, 0.15) is 18.5 Å². The zero-order valence-electron chi connectivity index (χ0n) is 43.2. The first-order valence-electron chi connectivity index (χ1n) is 25.8. The molecule has 1 saturated heterocycles. The number of aliphatic hydroxyl groups is 1. The largest absolute Gasteiger partial charge is 0.493 e. The number of aromatic nitrogens is 1. The lowest BCUT2D eigenvalue weighted by atomic mass is 9.81. The Labute approximate surface area is 414 Å². The Morgan fingerprint density at radius 2 is 1.68 bits per heavy atom. The summed E-state index contributed by atoms with van der Waals surface area (Å²) in [5.41, 5.74) is 6.73. The summed E-state index contributed by atoms with van der Waals surface area (Å²) in [7, 11) is 1.59. The number of hydrogen-bond acceptors (Lipinski definition) is 8. The van der Waals surface area contributed by atoms with E-state index in [0.717, 1.165) is 111 Å². The first kappa shape index (κ1) is 56.6. The van der Waals surface area contributed by atoms with Crippen molar-refractivity contribution < 1.29 is 38.0 Å². The molecule has 2 aromatic carbocycles. The van der Waals surface area contributed by atoms with Crippen molar-refractivity contribution in [3.8, 4) is 11.5 Å². The Bertz CT molecular complexity index is 2210. The number of aryl methyl sites for hydroxylation is 2. The Balaban J connectivity index is 1.59. The zero-order chi connectivity index (χ0) is 50.1. The standard InChI is InChI=1S/C60H82FNO7/c1-10-14-17-21-48(49-25-28-58(59(38-49)66-9)69-41-50(63)40-68-31-16-12-3)37-53(43(6)19-15-11-2)52-26-24-46(36-55(52)61)20-18-22-57(64)54(35-45(8)44(7)34-47-29-32-67-33-30-47)60(65)51(13-4)56-27-23-42(5)39-62-56/h13,21,23-28,35-39,44-45,47,50,63H,6,10-12,14-20,22,29-34,40-41H2,1-5,7-9H3/b48-21+,51-13-,53-37+,54-35-/t44?,45?,50-/m1/s1. The van der Waals surface area contributed by atoms with Gasteiger partial charge in [-0.2, -0.15) is 0 Å². The molecule has 3 atom stereocenters. The van der Waals surface area contributed by atoms with E-state index >= 15 is 4.39 Å². The predicted molar refractivity (Wildman–Crippen MR) is 281 cm³/mol. The Kier molecular flexibility index (Phi) is 25.1. The van der Waals surface area contributed by atoms with Gasteiger partial charge in [0.2, 0.25) is 0 Å². The summed E-state index contributed by atoms with van der Waals surface area (Å²) in [5.74, 6) is 0.976. The van der Waals surface area contributed by atoms with E-state index in [0.29, 0.717) is 60.1 Å². The van der Waals surface area contributed by atoms with Crippen molar-refractivity contribution in [2.75, 3.05) is 40.1 Å². The number of aliphatic hydroxyl groups excluding tert-OH is 1. The summed E-state index contributed by atoms with van der Waals surface area (Å²) >= 11 is 0. The molecule has 0 radical (unpaired) electrons. The topological polar surface area (TPSA) is 104 Å². The average Bonchev–Trinajstić information content (AvgIpc) is 3.35. The maximum atomic E-state index is 16.6. The summed E-state index contributed by atoms with van der Waals surface area (Å²) in [6.07, 6.45) is 20.3. The van der Waals surface area contributed by atoms with Gasteiger partial charge in [-0.3, -0.25) is 14.6 Å². The molecule has 1 aromatic heterocycles. The maximum absolute atomic E-state index is 16.6. The maximum Gasteiger partial charge on any atom is 0.198 e. The van der Waals surface area contributed by atoms with E-state index in [-0.39, 0.29) is 54.4 Å². The fourth-order valence-corrected chi connectivity index (χ4v) is 8.57. The van der Waals surface area contributed by atoms with Crippen LogP contribution in [0, 0.1) is 30.5 Å². The van der Waals surface area contributed by atoms with Gasteiger partial charge in [-0.05, 0) is 153 Å². The summed E-state index contributed by atoms with van der Waals surface area (Å²) in [5, 5.41) is 10.5. The molecular formula is C60H82FNO7. The third-order valence-electron chi connectivity index (χ3n) is 13.1. The molecule has 376 valence electrons. The fraction of sp³-hybridized carbons (Fsp3) is 0.517. The van der Waals surface area contributed by atoms with E-state index in [2.05, 4.69) is 52.3 Å². The monoisotopic (exact) mass is 948 g/mol. The van der Waals surface area contributed by atoms with Crippen LogP contribution in [-0.2, 0) is 25.5 Å². The highest BCUT2D eigenvalue weighted by molar-refractivity contribution is 6.37. The number of carbonyl (C=O) groups is 2. The number of rotatable bonds is 31. The quantitative estimate of drug-likeness (QED) is 0.0224. The summed E-state index contributed by atoms with van der Waals surface area (Å²) in [6.45, 7) is 21.3. The smallest absolute Gasteiger partial charge is 0.198 e. The molecule has 1 aliphatic heterocycles. The Hall–Kier alpha value is -4.96. The lowest BCUT2D eigenvalue weighted by molar-refractivity contribution is -0.119. The fourth-order valence-electron chi connectivity index (χ4n) is 8.57. The highest BCUT2D eigenvalue weighted by Crippen LogP contribution is 2.36. The average molecular weight is 948 g/mol. The minimum Gasteiger partial charge on any atom is -0.493 e. The van der Waals surface area contributed by atoms with E-state index in [1.807, 2.05) is 68.5 Å². The van der Waals surface area contributed by atoms with Gasteiger partial charge in [0.15, 0.2) is 23.1 Å². The normalized spacial score (nSPS) is 15.4. The number of methoxy groups -OCH3 is 1. The molecule has 1 aliphatic rings. The van der Waals surface area contributed by atoms with Gasteiger partial charge in [-0.15, -0.1) is 0 Å². The van der Waals surface area contributed by atoms with Crippen LogP contribution in [0.1, 0.15) is 153 Å². The van der Waals surface area contributed by atoms with E-state index < -0.39 is 6.10 Å². The highest BCUT2D eigenvalue weighted by atomic mass is 19.1. The molecule has 69 heavy (non-hydrogen) atoms. The second kappa shape index (κ2) is 30.6. The molecule has 0 spiro atoms. The zero-order valence-corrected chi connectivity index (χ0v) is 43.2. The van der Waals surface area contributed by atoms with Gasteiger partial charge < -0.3 is 24.1 Å². The molecule has 1 fully saturated rings. The van der Waals surface area contributed by atoms with E-state index in [9.17, 15) is 14.7 Å². The summed E-state index contributed by atoms with van der Waals surface area (Å²) in [6, 6.07) is 14.8. The van der Waals surface area contributed by atoms with Crippen molar-refractivity contribution in [2.24, 2.45) is 17.8 Å². The van der Waals surface area contributed by atoms with E-state index in [4.69, 9.17) is 18.9 Å². The van der Waals surface area contributed by atoms with Crippen molar-refractivity contribution in [1.29, 1.82) is 0 Å². The molecule has 0 bridgehead atoms. The Morgan fingerprint density at radius 1 is 0.928 bits per heavy atom. The van der Waals surface area contributed by atoms with Gasteiger partial charge in [0, 0.05) is 43.6 Å². The van der Waals surface area contributed by atoms with Crippen LogP contribution in [0.5, 0.6) is 11.5 Å². The Morgan fingerprint density at radius 3 is 2.35 bits per heavy atom. The van der Waals surface area contributed by atoms with Crippen LogP contribution < -0.4 is 9.47 Å².